The maximum Gasteiger partial charge on any atom is 0.270 e. The number of piperazine rings is 1. The van der Waals surface area contributed by atoms with Crippen LogP contribution in [0, 0.1) is 0 Å². The monoisotopic (exact) mass is 305 g/mol. The smallest absolute Gasteiger partial charge is 0.270 e. The van der Waals surface area contributed by atoms with Crippen molar-refractivity contribution in [2.45, 2.75) is 26.8 Å². The van der Waals surface area contributed by atoms with Gasteiger partial charge >= 0.3 is 0 Å². The molecule has 3 heterocycles. The molecule has 4 nitrogen and oxygen atoms in total. The number of rotatable bonds is 3. The minimum Gasteiger partial charge on any atom is -0.335 e. The van der Waals surface area contributed by atoms with Crippen LogP contribution in [0.1, 0.15) is 37.3 Å². The number of aromatic nitrogens is 1. The third-order valence-corrected chi connectivity index (χ3v) is 5.16. The molecule has 0 radical (unpaired) electrons. The molecule has 1 saturated heterocycles. The molecule has 3 rings (SSSR count). The average molecular weight is 305 g/mol. The van der Waals surface area contributed by atoms with Crippen LogP contribution in [0.5, 0.6) is 0 Å². The van der Waals surface area contributed by atoms with Crippen molar-refractivity contribution in [3.63, 3.8) is 0 Å². The highest BCUT2D eigenvalue weighted by Crippen LogP contribution is 2.29. The van der Waals surface area contributed by atoms with Crippen molar-refractivity contribution in [2.24, 2.45) is 0 Å². The Morgan fingerprint density at radius 2 is 2.00 bits per heavy atom. The first-order valence-corrected chi connectivity index (χ1v) is 8.59. The summed E-state index contributed by atoms with van der Waals surface area (Å²) in [5, 5.41) is 2.10. The van der Waals surface area contributed by atoms with Gasteiger partial charge in [0.2, 0.25) is 0 Å². The van der Waals surface area contributed by atoms with E-state index < -0.39 is 0 Å². The average Bonchev–Trinajstić information content (AvgIpc) is 3.06. The van der Waals surface area contributed by atoms with Crippen LogP contribution in [0.25, 0.3) is 10.2 Å². The molecule has 0 aromatic carbocycles. The highest BCUT2D eigenvalue weighted by Gasteiger charge is 2.25. The van der Waals surface area contributed by atoms with Gasteiger partial charge in [-0.15, -0.1) is 11.3 Å². The summed E-state index contributed by atoms with van der Waals surface area (Å²) in [6.45, 7) is 11.2. The van der Waals surface area contributed by atoms with Crippen molar-refractivity contribution >= 4 is 27.5 Å². The fraction of sp³-hybridized carbons (Fsp3) is 0.562. The SMILES string of the molecule is CCN1CCN(C(=O)c2cc3sccc3n2C(C)C)CC1. The van der Waals surface area contributed by atoms with Gasteiger partial charge in [-0.25, -0.2) is 0 Å². The van der Waals surface area contributed by atoms with Crippen molar-refractivity contribution in [2.75, 3.05) is 32.7 Å². The number of carbonyl (C=O) groups is 1. The van der Waals surface area contributed by atoms with Crippen LogP contribution < -0.4 is 0 Å². The van der Waals surface area contributed by atoms with Crippen LogP contribution in [-0.2, 0) is 0 Å². The first-order valence-electron chi connectivity index (χ1n) is 7.72. The fourth-order valence-corrected chi connectivity index (χ4v) is 3.91. The first-order chi connectivity index (χ1) is 10.1. The van der Waals surface area contributed by atoms with E-state index in [9.17, 15) is 4.79 Å². The number of amides is 1. The Labute approximate surface area is 129 Å². The highest BCUT2D eigenvalue weighted by atomic mass is 32.1. The normalized spacial score (nSPS) is 17.0. The summed E-state index contributed by atoms with van der Waals surface area (Å²) in [5.74, 6) is 0.183. The molecule has 0 atom stereocenters. The van der Waals surface area contributed by atoms with E-state index in [0.717, 1.165) is 38.4 Å². The van der Waals surface area contributed by atoms with Gasteiger partial charge in [-0.1, -0.05) is 6.92 Å². The van der Waals surface area contributed by atoms with Crippen molar-refractivity contribution < 1.29 is 4.79 Å². The van der Waals surface area contributed by atoms with Gasteiger partial charge in [0.05, 0.1) is 10.2 Å². The lowest BCUT2D eigenvalue weighted by molar-refractivity contribution is 0.0632. The van der Waals surface area contributed by atoms with Crippen molar-refractivity contribution in [3.8, 4) is 0 Å². The highest BCUT2D eigenvalue weighted by molar-refractivity contribution is 7.17. The Morgan fingerprint density at radius 1 is 1.29 bits per heavy atom. The Hall–Kier alpha value is -1.33. The fourth-order valence-electron chi connectivity index (χ4n) is 3.10. The van der Waals surface area contributed by atoms with Gasteiger partial charge in [0.15, 0.2) is 0 Å². The largest absolute Gasteiger partial charge is 0.335 e. The molecule has 21 heavy (non-hydrogen) atoms. The number of fused-ring (bicyclic) bond motifs is 1. The van der Waals surface area contributed by atoms with Crippen LogP contribution >= 0.6 is 11.3 Å². The van der Waals surface area contributed by atoms with Crippen LogP contribution in [0.3, 0.4) is 0 Å². The van der Waals surface area contributed by atoms with Gasteiger partial charge < -0.3 is 14.4 Å². The van der Waals surface area contributed by atoms with Gasteiger partial charge in [0.25, 0.3) is 5.91 Å². The van der Waals surface area contributed by atoms with Crippen molar-refractivity contribution in [3.05, 3.63) is 23.2 Å². The maximum absolute atomic E-state index is 12.9. The molecule has 5 heteroatoms. The quantitative estimate of drug-likeness (QED) is 0.872. The van der Waals surface area contributed by atoms with Crippen molar-refractivity contribution in [1.82, 2.24) is 14.4 Å². The van der Waals surface area contributed by atoms with Crippen molar-refractivity contribution in [1.29, 1.82) is 0 Å². The van der Waals surface area contributed by atoms with Crippen LogP contribution in [0.2, 0.25) is 0 Å². The summed E-state index contributed by atoms with van der Waals surface area (Å²) in [6.07, 6.45) is 0. The zero-order valence-corrected chi connectivity index (χ0v) is 13.8. The molecule has 1 aliphatic rings. The second-order valence-electron chi connectivity index (χ2n) is 5.89. The molecule has 0 saturated carbocycles. The molecule has 1 aliphatic heterocycles. The zero-order chi connectivity index (χ0) is 15.0. The summed E-state index contributed by atoms with van der Waals surface area (Å²) < 4.78 is 3.39. The molecule has 1 amide bonds. The van der Waals surface area contributed by atoms with E-state index in [1.54, 1.807) is 11.3 Å². The molecule has 2 aromatic heterocycles. The number of carbonyl (C=O) groups excluding carboxylic acids is 1. The molecule has 0 spiro atoms. The van der Waals surface area contributed by atoms with Gasteiger partial charge in [-0.3, -0.25) is 4.79 Å². The Morgan fingerprint density at radius 3 is 2.62 bits per heavy atom. The van der Waals surface area contributed by atoms with E-state index in [1.165, 1.54) is 10.2 Å². The molecular formula is C16H23N3OS. The summed E-state index contributed by atoms with van der Waals surface area (Å²) in [6, 6.07) is 4.48. The Kier molecular flexibility index (Phi) is 4.04. The first kappa shape index (κ1) is 14.6. The lowest BCUT2D eigenvalue weighted by atomic mass is 10.2. The van der Waals surface area contributed by atoms with Gasteiger partial charge in [-0.05, 0) is 37.9 Å². The van der Waals surface area contributed by atoms with E-state index in [4.69, 9.17) is 0 Å². The topological polar surface area (TPSA) is 28.5 Å². The summed E-state index contributed by atoms with van der Waals surface area (Å²) >= 11 is 1.71. The lowest BCUT2D eigenvalue weighted by Gasteiger charge is -2.34. The Bertz CT molecular complexity index is 635. The zero-order valence-electron chi connectivity index (χ0n) is 13.0. The summed E-state index contributed by atoms with van der Waals surface area (Å²) in [7, 11) is 0. The summed E-state index contributed by atoms with van der Waals surface area (Å²) in [4.78, 5) is 17.3. The molecule has 0 bridgehead atoms. The third-order valence-electron chi connectivity index (χ3n) is 4.30. The standard InChI is InChI=1S/C16H23N3OS/c1-4-17-6-8-18(9-7-17)16(20)14-11-15-13(5-10-21-15)19(14)12(2)3/h5,10-12H,4,6-9H2,1-3H3. The van der Waals surface area contributed by atoms with E-state index in [2.05, 4.69) is 47.8 Å². The number of nitrogens with zero attached hydrogens (tertiary/aromatic N) is 3. The van der Waals surface area contributed by atoms with Crippen LogP contribution in [0.4, 0.5) is 0 Å². The molecule has 0 N–H and O–H groups in total. The van der Waals surface area contributed by atoms with Crippen LogP contribution in [-0.4, -0.2) is 53.0 Å². The number of thiophene rings is 1. The molecule has 114 valence electrons. The van der Waals surface area contributed by atoms with Gasteiger partial charge in [0.1, 0.15) is 5.69 Å². The van der Waals surface area contributed by atoms with Gasteiger partial charge in [0, 0.05) is 32.2 Å². The van der Waals surface area contributed by atoms with Crippen LogP contribution in [0.15, 0.2) is 17.5 Å². The summed E-state index contributed by atoms with van der Waals surface area (Å²) in [5.41, 5.74) is 2.03. The van der Waals surface area contributed by atoms with Gasteiger partial charge in [-0.2, -0.15) is 0 Å². The van der Waals surface area contributed by atoms with E-state index in [0.29, 0.717) is 6.04 Å². The predicted molar refractivity (Wildman–Crippen MR) is 88.2 cm³/mol. The molecule has 0 aliphatic carbocycles. The third kappa shape index (κ3) is 2.60. The number of likely N-dealkylation sites (N-methyl/N-ethyl adjacent to an activating group) is 1. The molecule has 0 unspecified atom stereocenters. The lowest BCUT2D eigenvalue weighted by Crippen LogP contribution is -2.48. The molecule has 2 aromatic rings. The second kappa shape index (κ2) is 5.81. The molecule has 1 fully saturated rings. The minimum absolute atomic E-state index is 0.183. The predicted octanol–water partition coefficient (Wildman–Crippen LogP) is 3.06. The second-order valence-corrected chi connectivity index (χ2v) is 6.84. The molecular weight excluding hydrogens is 282 g/mol. The van der Waals surface area contributed by atoms with E-state index in [1.807, 2.05) is 4.90 Å². The maximum atomic E-state index is 12.9. The van der Waals surface area contributed by atoms with E-state index in [-0.39, 0.29) is 5.91 Å². The number of hydrogen-bond acceptors (Lipinski definition) is 3. The minimum atomic E-state index is 0.183. The van der Waals surface area contributed by atoms with E-state index >= 15 is 0 Å². The number of hydrogen-bond donors (Lipinski definition) is 0. The Balaban J connectivity index is 1.88.